The summed E-state index contributed by atoms with van der Waals surface area (Å²) in [5.41, 5.74) is 0.355. The van der Waals surface area contributed by atoms with Crippen LogP contribution in [0.3, 0.4) is 0 Å². The van der Waals surface area contributed by atoms with Gasteiger partial charge in [0.05, 0.1) is 11.7 Å². The van der Waals surface area contributed by atoms with E-state index in [1.54, 1.807) is 11.5 Å². The van der Waals surface area contributed by atoms with Gasteiger partial charge in [-0.1, -0.05) is 13.8 Å². The molecule has 2 rings (SSSR count). The van der Waals surface area contributed by atoms with Gasteiger partial charge in [0, 0.05) is 6.54 Å². The minimum absolute atomic E-state index is 0.157. The molecule has 0 atom stereocenters. The topological polar surface area (TPSA) is 72.2 Å². The van der Waals surface area contributed by atoms with Crippen molar-refractivity contribution in [3.8, 4) is 0 Å². The lowest BCUT2D eigenvalue weighted by Crippen LogP contribution is -2.22. The van der Waals surface area contributed by atoms with Gasteiger partial charge >= 0.3 is 5.97 Å². The molecule has 2 aromatic rings. The second-order valence-electron chi connectivity index (χ2n) is 4.64. The van der Waals surface area contributed by atoms with E-state index in [1.165, 1.54) is 6.33 Å². The molecule has 0 unspecified atom stereocenters. The van der Waals surface area contributed by atoms with Crippen molar-refractivity contribution in [3.05, 3.63) is 27.1 Å². The first-order valence-electron chi connectivity index (χ1n) is 5.63. The first-order chi connectivity index (χ1) is 8.41. The Morgan fingerprint density at radius 3 is 2.78 bits per heavy atom. The van der Waals surface area contributed by atoms with E-state index in [4.69, 9.17) is 5.11 Å². The highest BCUT2D eigenvalue weighted by molar-refractivity contribution is 7.20. The second-order valence-corrected chi connectivity index (χ2v) is 5.64. The molecule has 0 aliphatic carbocycles. The van der Waals surface area contributed by atoms with Crippen LogP contribution in [0, 0.1) is 12.8 Å². The van der Waals surface area contributed by atoms with Crippen LogP contribution in [-0.2, 0) is 6.54 Å². The molecular weight excluding hydrogens is 252 g/mol. The van der Waals surface area contributed by atoms with E-state index in [0.717, 1.165) is 11.3 Å². The van der Waals surface area contributed by atoms with Gasteiger partial charge in [-0.2, -0.15) is 0 Å². The predicted octanol–water partition coefficient (Wildman–Crippen LogP) is 2.12. The zero-order valence-corrected chi connectivity index (χ0v) is 11.2. The number of carboxylic acids is 1. The van der Waals surface area contributed by atoms with Crippen molar-refractivity contribution in [1.29, 1.82) is 0 Å². The molecule has 0 radical (unpaired) electrons. The number of rotatable bonds is 3. The number of aromatic carboxylic acids is 1. The maximum absolute atomic E-state index is 12.3. The summed E-state index contributed by atoms with van der Waals surface area (Å²) in [7, 11) is 0. The van der Waals surface area contributed by atoms with Crippen LogP contribution in [0.25, 0.3) is 10.2 Å². The summed E-state index contributed by atoms with van der Waals surface area (Å²) in [5.74, 6) is -0.676. The van der Waals surface area contributed by atoms with Crippen LogP contribution in [0.4, 0.5) is 0 Å². The van der Waals surface area contributed by atoms with Gasteiger partial charge < -0.3 is 5.11 Å². The largest absolute Gasteiger partial charge is 0.477 e. The molecule has 18 heavy (non-hydrogen) atoms. The fraction of sp³-hybridized carbons (Fsp3) is 0.417. The Morgan fingerprint density at radius 2 is 2.22 bits per heavy atom. The summed E-state index contributed by atoms with van der Waals surface area (Å²) in [6, 6.07) is 0. The number of aromatic nitrogens is 2. The predicted molar refractivity (Wildman–Crippen MR) is 70.4 cm³/mol. The van der Waals surface area contributed by atoms with Gasteiger partial charge in [-0.05, 0) is 18.4 Å². The van der Waals surface area contributed by atoms with Crippen LogP contribution < -0.4 is 5.56 Å². The number of hydrogen-bond acceptors (Lipinski definition) is 4. The quantitative estimate of drug-likeness (QED) is 0.923. The second kappa shape index (κ2) is 4.53. The smallest absolute Gasteiger partial charge is 0.346 e. The zero-order chi connectivity index (χ0) is 13.4. The minimum Gasteiger partial charge on any atom is -0.477 e. The lowest BCUT2D eigenvalue weighted by Gasteiger charge is -2.07. The highest BCUT2D eigenvalue weighted by Crippen LogP contribution is 2.26. The standard InChI is InChI=1S/C12H14N2O3S/c1-6(2)4-14-5-13-10-8(11(14)15)7(3)9(18-10)12(16)17/h5-6H,4H2,1-3H3,(H,16,17). The highest BCUT2D eigenvalue weighted by Gasteiger charge is 2.18. The lowest BCUT2D eigenvalue weighted by molar-refractivity contribution is 0.0701. The van der Waals surface area contributed by atoms with Crippen LogP contribution in [0.15, 0.2) is 11.1 Å². The third kappa shape index (κ3) is 2.03. The summed E-state index contributed by atoms with van der Waals surface area (Å²) < 4.78 is 1.54. The third-order valence-electron chi connectivity index (χ3n) is 2.67. The molecular formula is C12H14N2O3S. The monoisotopic (exact) mass is 266 g/mol. The van der Waals surface area contributed by atoms with Crippen molar-refractivity contribution < 1.29 is 9.90 Å². The Hall–Kier alpha value is -1.69. The van der Waals surface area contributed by atoms with E-state index in [2.05, 4.69) is 4.98 Å². The molecule has 96 valence electrons. The number of fused-ring (bicyclic) bond motifs is 1. The molecule has 2 heterocycles. The molecule has 0 fully saturated rings. The van der Waals surface area contributed by atoms with Gasteiger partial charge in [-0.3, -0.25) is 9.36 Å². The number of carbonyl (C=O) groups is 1. The van der Waals surface area contributed by atoms with Gasteiger partial charge in [-0.25, -0.2) is 9.78 Å². The molecule has 0 aliphatic rings. The van der Waals surface area contributed by atoms with Gasteiger partial charge in [0.2, 0.25) is 0 Å². The molecule has 0 spiro atoms. The van der Waals surface area contributed by atoms with Gasteiger partial charge in [0.25, 0.3) is 5.56 Å². The van der Waals surface area contributed by atoms with E-state index in [0.29, 0.717) is 28.2 Å². The fourth-order valence-electron chi connectivity index (χ4n) is 1.89. The Bertz CT molecular complexity index is 670. The van der Waals surface area contributed by atoms with E-state index in [9.17, 15) is 9.59 Å². The normalized spacial score (nSPS) is 11.3. The number of aryl methyl sites for hydroxylation is 1. The maximum Gasteiger partial charge on any atom is 0.346 e. The lowest BCUT2D eigenvalue weighted by atomic mass is 10.2. The Balaban J connectivity index is 2.70. The average Bonchev–Trinajstić information content (AvgIpc) is 2.60. The van der Waals surface area contributed by atoms with Crippen molar-refractivity contribution in [2.45, 2.75) is 27.3 Å². The summed E-state index contributed by atoms with van der Waals surface area (Å²) in [6.07, 6.45) is 1.49. The molecule has 0 aliphatic heterocycles. The van der Waals surface area contributed by atoms with E-state index in [-0.39, 0.29) is 10.4 Å². The summed E-state index contributed by atoms with van der Waals surface area (Å²) in [5, 5.41) is 9.48. The van der Waals surface area contributed by atoms with Gasteiger partial charge in [0.15, 0.2) is 0 Å². The molecule has 0 saturated carbocycles. The average molecular weight is 266 g/mol. The first-order valence-corrected chi connectivity index (χ1v) is 6.45. The Labute approximate surface area is 108 Å². The van der Waals surface area contributed by atoms with Crippen LogP contribution in [0.1, 0.15) is 29.1 Å². The highest BCUT2D eigenvalue weighted by atomic mass is 32.1. The van der Waals surface area contributed by atoms with Crippen molar-refractivity contribution in [3.63, 3.8) is 0 Å². The Morgan fingerprint density at radius 1 is 1.56 bits per heavy atom. The molecule has 2 aromatic heterocycles. The minimum atomic E-state index is -1.01. The van der Waals surface area contributed by atoms with E-state index < -0.39 is 5.97 Å². The van der Waals surface area contributed by atoms with Crippen LogP contribution in [0.5, 0.6) is 0 Å². The number of hydrogen-bond donors (Lipinski definition) is 1. The Kier molecular flexibility index (Phi) is 3.21. The summed E-state index contributed by atoms with van der Waals surface area (Å²) in [4.78, 5) is 28.2. The van der Waals surface area contributed by atoms with Crippen LogP contribution in [0.2, 0.25) is 0 Å². The molecule has 0 saturated heterocycles. The molecule has 6 heteroatoms. The first kappa shape index (κ1) is 12.8. The summed E-state index contributed by atoms with van der Waals surface area (Å²) in [6.45, 7) is 6.27. The van der Waals surface area contributed by atoms with Crippen molar-refractivity contribution >= 4 is 27.5 Å². The zero-order valence-electron chi connectivity index (χ0n) is 10.4. The molecule has 5 nitrogen and oxygen atoms in total. The van der Waals surface area contributed by atoms with Crippen molar-refractivity contribution in [1.82, 2.24) is 9.55 Å². The van der Waals surface area contributed by atoms with Gasteiger partial charge in [-0.15, -0.1) is 11.3 Å². The van der Waals surface area contributed by atoms with Gasteiger partial charge in [0.1, 0.15) is 9.71 Å². The number of thiophene rings is 1. The van der Waals surface area contributed by atoms with Crippen molar-refractivity contribution in [2.24, 2.45) is 5.92 Å². The van der Waals surface area contributed by atoms with E-state index >= 15 is 0 Å². The van der Waals surface area contributed by atoms with E-state index in [1.807, 2.05) is 13.8 Å². The third-order valence-corrected chi connectivity index (χ3v) is 3.86. The fourth-order valence-corrected chi connectivity index (χ4v) is 2.86. The molecule has 1 N–H and O–H groups in total. The molecule has 0 bridgehead atoms. The molecule has 0 amide bonds. The number of nitrogens with zero attached hydrogens (tertiary/aromatic N) is 2. The van der Waals surface area contributed by atoms with Crippen LogP contribution >= 0.6 is 11.3 Å². The summed E-state index contributed by atoms with van der Waals surface area (Å²) >= 11 is 1.05. The SMILES string of the molecule is Cc1c(C(=O)O)sc2ncn(CC(C)C)c(=O)c12. The molecule has 0 aromatic carbocycles. The van der Waals surface area contributed by atoms with Crippen LogP contribution in [-0.4, -0.2) is 20.6 Å². The van der Waals surface area contributed by atoms with Crippen molar-refractivity contribution in [2.75, 3.05) is 0 Å². The maximum atomic E-state index is 12.3. The number of carboxylic acid groups (broad SMARTS) is 1.